The lowest BCUT2D eigenvalue weighted by Crippen LogP contribution is -2.46. The van der Waals surface area contributed by atoms with Gasteiger partial charge in [-0.15, -0.1) is 0 Å². The number of methoxy groups -OCH3 is 1. The minimum Gasteiger partial charge on any atom is -0.507 e. The van der Waals surface area contributed by atoms with Crippen LogP contribution in [-0.4, -0.2) is 17.1 Å². The zero-order valence-electron chi connectivity index (χ0n) is 22.6. The average molecular weight is 517 g/mol. The van der Waals surface area contributed by atoms with E-state index in [-0.39, 0.29) is 4.93 Å². The molecule has 0 bridgehead atoms. The van der Waals surface area contributed by atoms with E-state index in [1.165, 1.54) is 84.9 Å². The number of aromatic hydroxyl groups is 1. The summed E-state index contributed by atoms with van der Waals surface area (Å²) in [4.78, 5) is 1.07. The van der Waals surface area contributed by atoms with E-state index >= 15 is 0 Å². The van der Waals surface area contributed by atoms with Gasteiger partial charge < -0.3 is 14.6 Å². The van der Waals surface area contributed by atoms with Gasteiger partial charge in [-0.1, -0.05) is 63.8 Å². The van der Waals surface area contributed by atoms with E-state index in [1.807, 2.05) is 17.8 Å². The van der Waals surface area contributed by atoms with Crippen LogP contribution in [0.5, 0.6) is 17.2 Å². The van der Waals surface area contributed by atoms with Gasteiger partial charge in [-0.25, -0.2) is 0 Å². The topological polar surface area (TPSA) is 38.7 Å². The first-order valence-electron chi connectivity index (χ1n) is 14.5. The summed E-state index contributed by atoms with van der Waals surface area (Å²) in [5, 5.41) is 13.2. The van der Waals surface area contributed by atoms with E-state index in [1.54, 1.807) is 7.11 Å². The Hall–Kier alpha value is -2.33. The second kappa shape index (κ2) is 10.1. The van der Waals surface area contributed by atoms with Gasteiger partial charge in [0.2, 0.25) is 0 Å². The van der Waals surface area contributed by atoms with Gasteiger partial charge in [0.05, 0.1) is 12.0 Å². The van der Waals surface area contributed by atoms with Crippen molar-refractivity contribution in [2.24, 2.45) is 11.8 Å². The van der Waals surface area contributed by atoms with Gasteiger partial charge in [-0.05, 0) is 96.5 Å². The lowest BCUT2D eigenvalue weighted by atomic mass is 9.77. The lowest BCUT2D eigenvalue weighted by Gasteiger charge is -2.43. The van der Waals surface area contributed by atoms with Crippen molar-refractivity contribution in [1.29, 1.82) is 0 Å². The quantitative estimate of drug-likeness (QED) is 0.339. The smallest absolute Gasteiger partial charge is 0.164 e. The first-order valence-corrected chi connectivity index (χ1v) is 15.3. The number of hydrogen-bond acceptors (Lipinski definition) is 4. The molecule has 2 aliphatic carbocycles. The van der Waals surface area contributed by atoms with E-state index in [0.717, 1.165) is 35.1 Å². The molecule has 1 N–H and O–H groups in total. The maximum atomic E-state index is 11.2. The number of rotatable bonds is 7. The molecule has 3 aromatic rings. The summed E-state index contributed by atoms with van der Waals surface area (Å²) in [5.41, 5.74) is 5.10. The Bertz CT molecular complexity index is 1300. The van der Waals surface area contributed by atoms with Crippen molar-refractivity contribution in [1.82, 2.24) is 0 Å². The average Bonchev–Trinajstić information content (AvgIpc) is 3.31. The zero-order valence-corrected chi connectivity index (χ0v) is 23.4. The molecule has 0 aromatic heterocycles. The van der Waals surface area contributed by atoms with E-state index in [9.17, 15) is 5.11 Å². The molecular weight excluding hydrogens is 476 g/mol. The molecule has 1 heterocycles. The summed E-state index contributed by atoms with van der Waals surface area (Å²) < 4.78 is 12.7. The molecule has 37 heavy (non-hydrogen) atoms. The number of thioether (sulfide) groups is 1. The predicted molar refractivity (Wildman–Crippen MR) is 154 cm³/mol. The fourth-order valence-corrected chi connectivity index (χ4v) is 9.00. The molecule has 0 radical (unpaired) electrons. The van der Waals surface area contributed by atoms with Crippen molar-refractivity contribution in [3.8, 4) is 28.4 Å². The summed E-state index contributed by atoms with van der Waals surface area (Å²) in [5.74, 6) is 3.38. The minimum atomic E-state index is -0.187. The normalized spacial score (nSPS) is 21.0. The van der Waals surface area contributed by atoms with Crippen molar-refractivity contribution in [3.05, 3.63) is 47.5 Å². The van der Waals surface area contributed by atoms with E-state index in [4.69, 9.17) is 9.47 Å². The van der Waals surface area contributed by atoms with Crippen LogP contribution >= 0.6 is 11.8 Å². The van der Waals surface area contributed by atoms with Gasteiger partial charge in [0.1, 0.15) is 17.2 Å². The second-order valence-corrected chi connectivity index (χ2v) is 12.6. The monoisotopic (exact) mass is 516 g/mol. The van der Waals surface area contributed by atoms with E-state index in [0.29, 0.717) is 17.6 Å². The SMILES string of the molecule is CCCC(CCC)C1(C2CCCCC2)Oc2cc3c(O)cc4c(c3cc2S1)-c1ccc(OC)cc1CC4. The second-order valence-electron chi connectivity index (χ2n) is 11.3. The fourth-order valence-electron chi connectivity index (χ4n) is 7.34. The molecule has 0 saturated heterocycles. The van der Waals surface area contributed by atoms with Crippen LogP contribution in [0.15, 0.2) is 41.3 Å². The number of aryl methyl sites for hydroxylation is 2. The summed E-state index contributed by atoms with van der Waals surface area (Å²) in [7, 11) is 1.73. The molecule has 1 unspecified atom stereocenters. The van der Waals surface area contributed by atoms with Gasteiger partial charge in [-0.3, -0.25) is 0 Å². The highest BCUT2D eigenvalue weighted by atomic mass is 32.2. The van der Waals surface area contributed by atoms with Crippen LogP contribution in [0.3, 0.4) is 0 Å². The van der Waals surface area contributed by atoms with Gasteiger partial charge in [-0.2, -0.15) is 0 Å². The lowest BCUT2D eigenvalue weighted by molar-refractivity contribution is 0.0204. The minimum absolute atomic E-state index is 0.187. The molecule has 1 atom stereocenters. The first kappa shape index (κ1) is 25.0. The standard InChI is InChI=1S/C33H40O3S/c1-4-9-23(10-5-2)33(24-11-7-6-8-12-24)36-30-19-27-28(20-31(30)37-33)32-22(18-29(27)34)14-13-21-17-25(35-3)15-16-26(21)32/h15-20,23-24,34H,4-14H2,1-3H3. The Morgan fingerprint density at radius 2 is 1.73 bits per heavy atom. The Labute approximate surface area is 226 Å². The highest BCUT2D eigenvalue weighted by Gasteiger charge is 2.52. The first-order chi connectivity index (χ1) is 18.1. The summed E-state index contributed by atoms with van der Waals surface area (Å²) in [6, 6.07) is 12.9. The largest absolute Gasteiger partial charge is 0.507 e. The molecule has 0 spiro atoms. The van der Waals surface area contributed by atoms with Crippen molar-refractivity contribution >= 4 is 22.5 Å². The molecule has 6 rings (SSSR count). The Morgan fingerprint density at radius 3 is 2.46 bits per heavy atom. The Kier molecular flexibility index (Phi) is 6.81. The fraction of sp³-hybridized carbons (Fsp3) is 0.515. The molecule has 1 fully saturated rings. The van der Waals surface area contributed by atoms with E-state index < -0.39 is 0 Å². The van der Waals surface area contributed by atoms with Gasteiger partial charge in [0.25, 0.3) is 0 Å². The molecule has 1 saturated carbocycles. The summed E-state index contributed by atoms with van der Waals surface area (Å²) in [6.45, 7) is 4.63. The van der Waals surface area contributed by atoms with Crippen LogP contribution in [0.25, 0.3) is 21.9 Å². The van der Waals surface area contributed by atoms with Crippen LogP contribution in [0.4, 0.5) is 0 Å². The molecule has 0 amide bonds. The third-order valence-electron chi connectivity index (χ3n) is 9.06. The van der Waals surface area contributed by atoms with Crippen molar-refractivity contribution in [2.45, 2.75) is 94.3 Å². The number of phenolic OH excluding ortho intramolecular Hbond substituents is 1. The number of ether oxygens (including phenoxy) is 2. The Morgan fingerprint density at radius 1 is 0.973 bits per heavy atom. The van der Waals surface area contributed by atoms with E-state index in [2.05, 4.69) is 44.2 Å². The van der Waals surface area contributed by atoms with Crippen LogP contribution in [0.2, 0.25) is 0 Å². The van der Waals surface area contributed by atoms with Crippen LogP contribution in [-0.2, 0) is 12.8 Å². The highest BCUT2D eigenvalue weighted by molar-refractivity contribution is 8.01. The van der Waals surface area contributed by atoms with Gasteiger partial charge >= 0.3 is 0 Å². The molecular formula is C33H40O3S. The molecule has 3 aromatic carbocycles. The third-order valence-corrected chi connectivity index (χ3v) is 10.7. The number of hydrogen-bond donors (Lipinski definition) is 1. The molecule has 3 nitrogen and oxygen atoms in total. The number of benzene rings is 3. The van der Waals surface area contributed by atoms with Crippen LogP contribution in [0.1, 0.15) is 82.8 Å². The number of fused-ring (bicyclic) bond motifs is 6. The molecule has 4 heteroatoms. The third kappa shape index (κ3) is 4.20. The summed E-state index contributed by atoms with van der Waals surface area (Å²) in [6.07, 6.45) is 13.2. The van der Waals surface area contributed by atoms with Gasteiger partial charge in [0.15, 0.2) is 4.93 Å². The van der Waals surface area contributed by atoms with Gasteiger partial charge in [0, 0.05) is 17.2 Å². The maximum absolute atomic E-state index is 11.2. The molecule has 1 aliphatic heterocycles. The van der Waals surface area contributed by atoms with Crippen molar-refractivity contribution in [3.63, 3.8) is 0 Å². The predicted octanol–water partition coefficient (Wildman–Crippen LogP) is 9.30. The maximum Gasteiger partial charge on any atom is 0.164 e. The molecule has 196 valence electrons. The molecule has 3 aliphatic rings. The van der Waals surface area contributed by atoms with Crippen LogP contribution in [0, 0.1) is 11.8 Å². The summed E-state index contributed by atoms with van der Waals surface area (Å²) >= 11 is 2.01. The zero-order chi connectivity index (χ0) is 25.6. The van der Waals surface area contributed by atoms with Crippen molar-refractivity contribution < 1.29 is 14.6 Å². The highest BCUT2D eigenvalue weighted by Crippen LogP contribution is 2.60. The number of phenols is 1. The Balaban J connectivity index is 1.49. The van der Waals surface area contributed by atoms with Crippen molar-refractivity contribution in [2.75, 3.05) is 7.11 Å². The van der Waals surface area contributed by atoms with Crippen LogP contribution < -0.4 is 9.47 Å².